The number of nitrogens with one attached hydrogen (secondary N) is 1. The fraction of sp³-hybridized carbons (Fsp3) is 0.167. The zero-order valence-corrected chi connectivity index (χ0v) is 15.2. The molecule has 2 N–H and O–H groups in total. The topological polar surface area (TPSA) is 92.7 Å². The molecule has 26 heavy (non-hydrogen) atoms. The van der Waals surface area contributed by atoms with Gasteiger partial charge in [-0.25, -0.2) is 4.79 Å². The zero-order chi connectivity index (χ0) is 19.3. The minimum absolute atomic E-state index is 0.0644. The molecule has 136 valence electrons. The molecule has 0 aromatic heterocycles. The lowest BCUT2D eigenvalue weighted by molar-refractivity contribution is -0.139. The third-order valence-electron chi connectivity index (χ3n) is 3.45. The van der Waals surface area contributed by atoms with Crippen LogP contribution in [0.5, 0.6) is 5.75 Å². The highest BCUT2D eigenvalue weighted by Crippen LogP contribution is 2.25. The molecular weight excluding hydrogens is 381 g/mol. The van der Waals surface area contributed by atoms with Gasteiger partial charge in [0.2, 0.25) is 0 Å². The van der Waals surface area contributed by atoms with Crippen molar-refractivity contribution in [3.05, 3.63) is 63.6 Å². The van der Waals surface area contributed by atoms with Crippen molar-refractivity contribution in [2.24, 2.45) is 0 Å². The molecule has 6 nitrogen and oxygen atoms in total. The van der Waals surface area contributed by atoms with E-state index in [1.807, 2.05) is 0 Å². The molecule has 8 heteroatoms. The number of carbonyl (C=O) groups excluding carboxylic acids is 2. The Morgan fingerprint density at radius 3 is 2.15 bits per heavy atom. The standard InChI is InChI=1S/C18H15Cl2NO5/c1-10(22)26-12-7-5-11(6-8-12)17(23)21-16(18(24)25)9-13-14(19)3-2-4-15(13)20/h2-8,16H,9H2,1H3,(H,21,23)(H,24,25)/t16-/m0/s1. The lowest BCUT2D eigenvalue weighted by Crippen LogP contribution is -2.42. The van der Waals surface area contributed by atoms with Crippen molar-refractivity contribution >= 4 is 41.0 Å². The van der Waals surface area contributed by atoms with Gasteiger partial charge in [-0.1, -0.05) is 29.3 Å². The highest BCUT2D eigenvalue weighted by atomic mass is 35.5. The molecule has 0 saturated carbocycles. The molecule has 1 atom stereocenters. The summed E-state index contributed by atoms with van der Waals surface area (Å²) in [4.78, 5) is 34.7. The molecule has 0 aliphatic heterocycles. The first-order chi connectivity index (χ1) is 12.3. The fourth-order valence-corrected chi connectivity index (χ4v) is 2.77. The number of benzene rings is 2. The van der Waals surface area contributed by atoms with Gasteiger partial charge in [0, 0.05) is 29.0 Å². The van der Waals surface area contributed by atoms with Crippen molar-refractivity contribution in [3.63, 3.8) is 0 Å². The van der Waals surface area contributed by atoms with Gasteiger partial charge in [0.05, 0.1) is 0 Å². The van der Waals surface area contributed by atoms with Crippen LogP contribution < -0.4 is 10.1 Å². The molecular formula is C18H15Cl2NO5. The Labute approximate surface area is 159 Å². The fourth-order valence-electron chi connectivity index (χ4n) is 2.21. The number of ether oxygens (including phenoxy) is 1. The maximum absolute atomic E-state index is 12.3. The number of halogens is 2. The summed E-state index contributed by atoms with van der Waals surface area (Å²) in [5.41, 5.74) is 0.658. The van der Waals surface area contributed by atoms with E-state index >= 15 is 0 Å². The number of carbonyl (C=O) groups is 3. The predicted molar refractivity (Wildman–Crippen MR) is 96.8 cm³/mol. The van der Waals surface area contributed by atoms with Crippen molar-refractivity contribution in [2.75, 3.05) is 0 Å². The van der Waals surface area contributed by atoms with Gasteiger partial charge in [0.25, 0.3) is 5.91 Å². The summed E-state index contributed by atoms with van der Waals surface area (Å²) in [6, 6.07) is 9.35. The molecule has 0 radical (unpaired) electrons. The molecule has 0 bridgehead atoms. The minimum Gasteiger partial charge on any atom is -0.480 e. The molecule has 0 heterocycles. The summed E-state index contributed by atoms with van der Waals surface area (Å²) >= 11 is 12.1. The maximum atomic E-state index is 12.3. The number of carboxylic acid groups (broad SMARTS) is 1. The summed E-state index contributed by atoms with van der Waals surface area (Å²) < 4.78 is 4.88. The molecule has 2 rings (SSSR count). The highest BCUT2D eigenvalue weighted by molar-refractivity contribution is 6.36. The van der Waals surface area contributed by atoms with E-state index in [2.05, 4.69) is 5.32 Å². The van der Waals surface area contributed by atoms with Crippen molar-refractivity contribution in [2.45, 2.75) is 19.4 Å². The number of hydrogen-bond acceptors (Lipinski definition) is 4. The number of aliphatic carboxylic acids is 1. The van der Waals surface area contributed by atoms with Gasteiger partial charge in [-0.05, 0) is 42.0 Å². The van der Waals surface area contributed by atoms with E-state index < -0.39 is 23.9 Å². The van der Waals surface area contributed by atoms with Crippen LogP contribution in [0.1, 0.15) is 22.8 Å². The third kappa shape index (κ3) is 5.21. The molecule has 0 aliphatic rings. The van der Waals surface area contributed by atoms with E-state index in [0.717, 1.165) is 0 Å². The second-order valence-corrected chi connectivity index (χ2v) is 6.20. The van der Waals surface area contributed by atoms with Gasteiger partial charge in [-0.15, -0.1) is 0 Å². The predicted octanol–water partition coefficient (Wildman–Crippen LogP) is 3.34. The lowest BCUT2D eigenvalue weighted by atomic mass is 10.0. The van der Waals surface area contributed by atoms with E-state index in [1.165, 1.54) is 31.2 Å². The van der Waals surface area contributed by atoms with Crippen LogP contribution in [0.15, 0.2) is 42.5 Å². The molecule has 0 spiro atoms. The van der Waals surface area contributed by atoms with Crippen LogP contribution >= 0.6 is 23.2 Å². The lowest BCUT2D eigenvalue weighted by Gasteiger charge is -2.16. The number of rotatable bonds is 6. The highest BCUT2D eigenvalue weighted by Gasteiger charge is 2.23. The molecule has 2 aromatic carbocycles. The first-order valence-corrected chi connectivity index (χ1v) is 8.28. The SMILES string of the molecule is CC(=O)Oc1ccc(C(=O)N[C@@H](Cc2c(Cl)cccc2Cl)C(=O)O)cc1. The van der Waals surface area contributed by atoms with Gasteiger partial charge in [-0.3, -0.25) is 9.59 Å². The molecule has 0 unspecified atom stereocenters. The molecule has 0 aliphatic carbocycles. The summed E-state index contributed by atoms with van der Waals surface area (Å²) in [6.07, 6.45) is -0.0644. The Morgan fingerprint density at radius 2 is 1.65 bits per heavy atom. The summed E-state index contributed by atoms with van der Waals surface area (Å²) in [7, 11) is 0. The number of carboxylic acids is 1. The monoisotopic (exact) mass is 395 g/mol. The average molecular weight is 396 g/mol. The summed E-state index contributed by atoms with van der Waals surface area (Å²) in [6.45, 7) is 1.26. The Hall–Kier alpha value is -2.57. The van der Waals surface area contributed by atoms with E-state index in [1.54, 1.807) is 18.2 Å². The van der Waals surface area contributed by atoms with Crippen molar-refractivity contribution in [1.82, 2.24) is 5.32 Å². The van der Waals surface area contributed by atoms with Gasteiger partial charge >= 0.3 is 11.9 Å². The van der Waals surface area contributed by atoms with Gasteiger partial charge < -0.3 is 15.2 Å². The molecule has 1 amide bonds. The number of hydrogen-bond donors (Lipinski definition) is 2. The number of amides is 1. The quantitative estimate of drug-likeness (QED) is 0.577. The molecule has 0 fully saturated rings. The van der Waals surface area contributed by atoms with Crippen LogP contribution in [0, 0.1) is 0 Å². The Morgan fingerprint density at radius 1 is 1.08 bits per heavy atom. The van der Waals surface area contributed by atoms with Crippen molar-refractivity contribution < 1.29 is 24.2 Å². The number of esters is 1. The Balaban J connectivity index is 2.13. The third-order valence-corrected chi connectivity index (χ3v) is 4.16. The van der Waals surface area contributed by atoms with Crippen LogP contribution in [0.25, 0.3) is 0 Å². The van der Waals surface area contributed by atoms with Gasteiger partial charge in [0.1, 0.15) is 11.8 Å². The maximum Gasteiger partial charge on any atom is 0.326 e. The molecule has 2 aromatic rings. The van der Waals surface area contributed by atoms with Crippen LogP contribution in [-0.4, -0.2) is 29.0 Å². The van der Waals surface area contributed by atoms with Crippen LogP contribution in [0.3, 0.4) is 0 Å². The first-order valence-electron chi connectivity index (χ1n) is 7.53. The van der Waals surface area contributed by atoms with Crippen LogP contribution in [-0.2, 0) is 16.0 Å². The second-order valence-electron chi connectivity index (χ2n) is 5.39. The van der Waals surface area contributed by atoms with Crippen LogP contribution in [0.2, 0.25) is 10.0 Å². The van der Waals surface area contributed by atoms with Gasteiger partial charge in [-0.2, -0.15) is 0 Å². The van der Waals surface area contributed by atoms with Crippen molar-refractivity contribution in [3.8, 4) is 5.75 Å². The summed E-state index contributed by atoms with van der Waals surface area (Å²) in [5.74, 6) is -2.00. The zero-order valence-electron chi connectivity index (χ0n) is 13.7. The molecule has 0 saturated heterocycles. The Bertz CT molecular complexity index is 816. The summed E-state index contributed by atoms with van der Waals surface area (Å²) in [5, 5.41) is 12.5. The Kier molecular flexibility index (Phi) is 6.60. The van der Waals surface area contributed by atoms with Crippen LogP contribution in [0.4, 0.5) is 0 Å². The largest absolute Gasteiger partial charge is 0.480 e. The average Bonchev–Trinajstić information content (AvgIpc) is 2.57. The van der Waals surface area contributed by atoms with E-state index in [0.29, 0.717) is 15.6 Å². The van der Waals surface area contributed by atoms with Gasteiger partial charge in [0.15, 0.2) is 0 Å². The first kappa shape index (κ1) is 19.8. The smallest absolute Gasteiger partial charge is 0.326 e. The normalized spacial score (nSPS) is 11.5. The van der Waals surface area contributed by atoms with E-state index in [4.69, 9.17) is 27.9 Å². The minimum atomic E-state index is -1.22. The second kappa shape index (κ2) is 8.69. The van der Waals surface area contributed by atoms with Crippen molar-refractivity contribution in [1.29, 1.82) is 0 Å². The van der Waals surface area contributed by atoms with E-state index in [-0.39, 0.29) is 17.7 Å². The van der Waals surface area contributed by atoms with E-state index in [9.17, 15) is 19.5 Å².